The Morgan fingerprint density at radius 3 is 2.83 bits per heavy atom. The molecular weight excluding hydrogens is 224 g/mol. The Balaban J connectivity index is 1.67. The zero-order chi connectivity index (χ0) is 12.5. The van der Waals surface area contributed by atoms with Crippen LogP contribution >= 0.6 is 0 Å². The number of carbonyl (C=O) groups excluding carboxylic acids is 1. The average Bonchev–Trinajstić information content (AvgIpc) is 3.10. The number of rotatable bonds is 4. The number of nitrogens with one attached hydrogen (secondary N) is 1. The summed E-state index contributed by atoms with van der Waals surface area (Å²) in [7, 11) is 0. The number of fused-ring (bicyclic) bond motifs is 1. The van der Waals surface area contributed by atoms with Crippen molar-refractivity contribution < 1.29 is 4.79 Å². The van der Waals surface area contributed by atoms with E-state index in [0.29, 0.717) is 0 Å². The Bertz CT molecular complexity index is 429. The number of amides is 1. The molecule has 1 aliphatic carbocycles. The number of nitrogens with zero attached hydrogens (tertiary/aromatic N) is 1. The van der Waals surface area contributed by atoms with Crippen molar-refractivity contribution in [3.05, 3.63) is 29.8 Å². The van der Waals surface area contributed by atoms with E-state index in [-0.39, 0.29) is 11.9 Å². The van der Waals surface area contributed by atoms with E-state index in [9.17, 15) is 4.79 Å². The second-order valence-electron chi connectivity index (χ2n) is 5.38. The lowest BCUT2D eigenvalue weighted by molar-refractivity contribution is -0.131. The van der Waals surface area contributed by atoms with Crippen LogP contribution in [0, 0.1) is 5.92 Å². The highest BCUT2D eigenvalue weighted by Gasteiger charge is 2.32. The van der Waals surface area contributed by atoms with Crippen molar-refractivity contribution in [3.63, 3.8) is 0 Å². The van der Waals surface area contributed by atoms with Crippen LogP contribution in [0.15, 0.2) is 24.3 Å². The molecule has 1 atom stereocenters. The number of hydrogen-bond donors (Lipinski definition) is 1. The molecule has 96 valence electrons. The van der Waals surface area contributed by atoms with Gasteiger partial charge in [0.25, 0.3) is 0 Å². The maximum atomic E-state index is 12.5. The van der Waals surface area contributed by atoms with Crippen molar-refractivity contribution in [2.75, 3.05) is 18.4 Å². The summed E-state index contributed by atoms with van der Waals surface area (Å²) in [6, 6.07) is 8.16. The average molecular weight is 244 g/mol. The van der Waals surface area contributed by atoms with Gasteiger partial charge >= 0.3 is 0 Å². The van der Waals surface area contributed by atoms with Gasteiger partial charge in [-0.3, -0.25) is 4.79 Å². The lowest BCUT2D eigenvalue weighted by Crippen LogP contribution is -2.43. The summed E-state index contributed by atoms with van der Waals surface area (Å²) < 4.78 is 0. The van der Waals surface area contributed by atoms with Gasteiger partial charge in [-0.1, -0.05) is 18.2 Å². The third-order valence-corrected chi connectivity index (χ3v) is 3.94. The molecule has 0 unspecified atom stereocenters. The molecule has 1 aromatic carbocycles. The summed E-state index contributed by atoms with van der Waals surface area (Å²) in [4.78, 5) is 14.5. The quantitative estimate of drug-likeness (QED) is 0.881. The summed E-state index contributed by atoms with van der Waals surface area (Å²) in [6.45, 7) is 3.84. The fourth-order valence-electron chi connectivity index (χ4n) is 2.65. The summed E-state index contributed by atoms with van der Waals surface area (Å²) >= 11 is 0. The first-order valence-corrected chi connectivity index (χ1v) is 6.91. The Kier molecular flexibility index (Phi) is 2.98. The highest BCUT2D eigenvalue weighted by molar-refractivity contribution is 5.87. The van der Waals surface area contributed by atoms with Crippen LogP contribution in [0.25, 0.3) is 0 Å². The van der Waals surface area contributed by atoms with Crippen LogP contribution in [-0.4, -0.2) is 29.9 Å². The van der Waals surface area contributed by atoms with Crippen LogP contribution in [-0.2, 0) is 11.2 Å². The SMILES string of the molecule is CCN(CC1CC1)C(=O)[C@@H]1Cc2ccccc2N1. The maximum absolute atomic E-state index is 12.5. The van der Waals surface area contributed by atoms with E-state index in [0.717, 1.165) is 31.1 Å². The standard InChI is InChI=1S/C15H20N2O/c1-2-17(10-11-7-8-11)15(18)14-9-12-5-3-4-6-13(12)16-14/h3-6,11,14,16H,2,7-10H2,1H3/t14-/m0/s1. The minimum Gasteiger partial charge on any atom is -0.373 e. The monoisotopic (exact) mass is 244 g/mol. The lowest BCUT2D eigenvalue weighted by Gasteiger charge is -2.24. The molecule has 1 aliphatic heterocycles. The lowest BCUT2D eigenvalue weighted by atomic mass is 10.1. The third kappa shape index (κ3) is 2.22. The van der Waals surface area contributed by atoms with E-state index in [1.54, 1.807) is 0 Å². The van der Waals surface area contributed by atoms with Gasteiger partial charge < -0.3 is 10.2 Å². The molecule has 0 saturated heterocycles. The number of likely N-dealkylation sites (N-methyl/N-ethyl adjacent to an activating group) is 1. The van der Waals surface area contributed by atoms with Crippen LogP contribution in [0.3, 0.4) is 0 Å². The number of benzene rings is 1. The fourth-order valence-corrected chi connectivity index (χ4v) is 2.65. The summed E-state index contributed by atoms with van der Waals surface area (Å²) in [5.74, 6) is 1.03. The van der Waals surface area contributed by atoms with Gasteiger partial charge in [0.15, 0.2) is 0 Å². The van der Waals surface area contributed by atoms with Gasteiger partial charge in [-0.15, -0.1) is 0 Å². The van der Waals surface area contributed by atoms with Crippen molar-refractivity contribution in [2.45, 2.75) is 32.2 Å². The highest BCUT2D eigenvalue weighted by atomic mass is 16.2. The summed E-state index contributed by atoms with van der Waals surface area (Å²) in [6.07, 6.45) is 3.42. The zero-order valence-electron chi connectivity index (χ0n) is 10.9. The number of anilines is 1. The predicted octanol–water partition coefficient (Wildman–Crippen LogP) is 2.28. The Morgan fingerprint density at radius 2 is 2.17 bits per heavy atom. The first-order valence-electron chi connectivity index (χ1n) is 6.91. The first kappa shape index (κ1) is 11.6. The second-order valence-corrected chi connectivity index (χ2v) is 5.38. The van der Waals surface area contributed by atoms with Gasteiger partial charge in [0.1, 0.15) is 6.04 Å². The molecule has 3 rings (SSSR count). The summed E-state index contributed by atoms with van der Waals surface area (Å²) in [5, 5.41) is 3.35. The van der Waals surface area contributed by atoms with E-state index in [4.69, 9.17) is 0 Å². The van der Waals surface area contributed by atoms with Crippen LogP contribution in [0.4, 0.5) is 5.69 Å². The van der Waals surface area contributed by atoms with Crippen LogP contribution in [0.5, 0.6) is 0 Å². The molecule has 0 aromatic heterocycles. The molecule has 1 amide bonds. The van der Waals surface area contributed by atoms with Crippen molar-refractivity contribution in [1.29, 1.82) is 0 Å². The van der Waals surface area contributed by atoms with Crippen LogP contribution < -0.4 is 5.32 Å². The predicted molar refractivity (Wildman–Crippen MR) is 72.5 cm³/mol. The maximum Gasteiger partial charge on any atom is 0.245 e. The van der Waals surface area contributed by atoms with Crippen LogP contribution in [0.1, 0.15) is 25.3 Å². The van der Waals surface area contributed by atoms with Crippen molar-refractivity contribution in [1.82, 2.24) is 4.90 Å². The van der Waals surface area contributed by atoms with E-state index in [1.807, 2.05) is 17.0 Å². The normalized spacial score (nSPS) is 21.3. The molecule has 1 aromatic rings. The Labute approximate surface area is 108 Å². The number of hydrogen-bond acceptors (Lipinski definition) is 2. The van der Waals surface area contributed by atoms with E-state index < -0.39 is 0 Å². The van der Waals surface area contributed by atoms with Gasteiger partial charge in [0, 0.05) is 25.2 Å². The van der Waals surface area contributed by atoms with Gasteiger partial charge in [0.05, 0.1) is 0 Å². The molecule has 1 heterocycles. The fraction of sp³-hybridized carbons (Fsp3) is 0.533. The second kappa shape index (κ2) is 4.63. The number of carbonyl (C=O) groups is 1. The van der Waals surface area contributed by atoms with E-state index >= 15 is 0 Å². The van der Waals surface area contributed by atoms with Gasteiger partial charge in [-0.25, -0.2) is 0 Å². The van der Waals surface area contributed by atoms with Crippen molar-refractivity contribution >= 4 is 11.6 Å². The minimum absolute atomic E-state index is 0.0545. The molecule has 1 N–H and O–H groups in total. The van der Waals surface area contributed by atoms with Gasteiger partial charge in [-0.2, -0.15) is 0 Å². The molecule has 1 saturated carbocycles. The van der Waals surface area contributed by atoms with E-state index in [1.165, 1.54) is 18.4 Å². The largest absolute Gasteiger partial charge is 0.373 e. The molecule has 1 fully saturated rings. The highest BCUT2D eigenvalue weighted by Crippen LogP contribution is 2.31. The van der Waals surface area contributed by atoms with Crippen molar-refractivity contribution in [3.8, 4) is 0 Å². The summed E-state index contributed by atoms with van der Waals surface area (Å²) in [5.41, 5.74) is 2.39. The Morgan fingerprint density at radius 1 is 1.39 bits per heavy atom. The zero-order valence-corrected chi connectivity index (χ0v) is 10.9. The van der Waals surface area contributed by atoms with Gasteiger partial charge in [0.2, 0.25) is 5.91 Å². The molecule has 0 radical (unpaired) electrons. The molecule has 0 spiro atoms. The minimum atomic E-state index is -0.0545. The van der Waals surface area contributed by atoms with E-state index in [2.05, 4.69) is 24.4 Å². The molecule has 3 heteroatoms. The Hall–Kier alpha value is -1.51. The number of para-hydroxylation sites is 1. The topological polar surface area (TPSA) is 32.3 Å². The molecule has 0 bridgehead atoms. The smallest absolute Gasteiger partial charge is 0.245 e. The third-order valence-electron chi connectivity index (χ3n) is 3.94. The molecular formula is C15H20N2O. The van der Waals surface area contributed by atoms with Crippen molar-refractivity contribution in [2.24, 2.45) is 5.92 Å². The molecule has 3 nitrogen and oxygen atoms in total. The van der Waals surface area contributed by atoms with Crippen LogP contribution in [0.2, 0.25) is 0 Å². The first-order chi connectivity index (χ1) is 8.78. The molecule has 2 aliphatic rings. The van der Waals surface area contributed by atoms with Gasteiger partial charge in [-0.05, 0) is 37.3 Å². The molecule has 18 heavy (non-hydrogen) atoms.